The number of ether oxygens (including phenoxy) is 1. The van der Waals surface area contributed by atoms with Crippen LogP contribution in [-0.4, -0.2) is 58.8 Å². The molecule has 0 bridgehead atoms. The maximum absolute atomic E-state index is 12.1. The Morgan fingerprint density at radius 2 is 2.20 bits per heavy atom. The summed E-state index contributed by atoms with van der Waals surface area (Å²) in [5, 5.41) is 10.3. The lowest BCUT2D eigenvalue weighted by atomic mass is 10.2. The van der Waals surface area contributed by atoms with Crippen LogP contribution in [0.1, 0.15) is 37.6 Å². The van der Waals surface area contributed by atoms with E-state index < -0.39 is 0 Å². The molecule has 25 heavy (non-hydrogen) atoms. The molecule has 2 aliphatic heterocycles. The van der Waals surface area contributed by atoms with Crippen LogP contribution in [-0.2, 0) is 34.0 Å². The standard InChI is InChI=1S/C17H27N5O3/c1-2-16(23)18-9-13-8-14-11-21(5-6-22(14)20-13)12-17(24)19-10-15-4-3-7-25-15/h8,15H,2-7,9-12H2,1H3,(H,18,23)(H,19,24)/t15-/m0/s1. The summed E-state index contributed by atoms with van der Waals surface area (Å²) in [5.74, 6) is 0.0643. The number of aromatic nitrogens is 2. The number of carbonyl (C=O) groups excluding carboxylic acids is 2. The van der Waals surface area contributed by atoms with Crippen molar-refractivity contribution >= 4 is 11.8 Å². The van der Waals surface area contributed by atoms with E-state index in [0.29, 0.717) is 32.6 Å². The van der Waals surface area contributed by atoms with Gasteiger partial charge in [-0.3, -0.25) is 19.2 Å². The summed E-state index contributed by atoms with van der Waals surface area (Å²) in [6, 6.07) is 2.01. The van der Waals surface area contributed by atoms with E-state index >= 15 is 0 Å². The Labute approximate surface area is 147 Å². The van der Waals surface area contributed by atoms with Gasteiger partial charge in [-0.2, -0.15) is 5.10 Å². The molecule has 3 rings (SSSR count). The molecular weight excluding hydrogens is 322 g/mol. The maximum atomic E-state index is 12.1. The predicted molar refractivity (Wildman–Crippen MR) is 91.6 cm³/mol. The summed E-state index contributed by atoms with van der Waals surface area (Å²) < 4.78 is 7.49. The number of nitrogens with one attached hydrogen (secondary N) is 2. The largest absolute Gasteiger partial charge is 0.376 e. The average molecular weight is 349 g/mol. The second-order valence-corrected chi connectivity index (χ2v) is 6.63. The average Bonchev–Trinajstić information content (AvgIpc) is 3.26. The monoisotopic (exact) mass is 349 g/mol. The minimum absolute atomic E-state index is 0.0236. The van der Waals surface area contributed by atoms with E-state index in [9.17, 15) is 9.59 Å². The van der Waals surface area contributed by atoms with Gasteiger partial charge in [-0.1, -0.05) is 6.92 Å². The number of rotatable bonds is 7. The fraction of sp³-hybridized carbons (Fsp3) is 0.706. The summed E-state index contributed by atoms with van der Waals surface area (Å²) in [7, 11) is 0. The number of carbonyl (C=O) groups is 2. The Hall–Kier alpha value is -1.93. The molecule has 8 nitrogen and oxygen atoms in total. The zero-order valence-electron chi connectivity index (χ0n) is 14.8. The molecule has 0 aromatic carbocycles. The van der Waals surface area contributed by atoms with Gasteiger partial charge < -0.3 is 15.4 Å². The smallest absolute Gasteiger partial charge is 0.234 e. The van der Waals surface area contributed by atoms with Crippen molar-refractivity contribution in [3.05, 3.63) is 17.5 Å². The highest BCUT2D eigenvalue weighted by molar-refractivity contribution is 5.78. The minimum Gasteiger partial charge on any atom is -0.376 e. The number of hydrogen-bond acceptors (Lipinski definition) is 5. The van der Waals surface area contributed by atoms with Crippen LogP contribution < -0.4 is 10.6 Å². The third kappa shape index (κ3) is 5.02. The van der Waals surface area contributed by atoms with Gasteiger partial charge in [-0.25, -0.2) is 0 Å². The van der Waals surface area contributed by atoms with Gasteiger partial charge in [-0.05, 0) is 18.9 Å². The molecule has 1 aromatic rings. The molecule has 0 saturated carbocycles. The topological polar surface area (TPSA) is 88.5 Å². The lowest BCUT2D eigenvalue weighted by Gasteiger charge is -2.27. The summed E-state index contributed by atoms with van der Waals surface area (Å²) in [4.78, 5) is 25.6. The number of amides is 2. The first-order valence-electron chi connectivity index (χ1n) is 9.07. The van der Waals surface area contributed by atoms with Crippen molar-refractivity contribution in [3.63, 3.8) is 0 Å². The number of nitrogens with zero attached hydrogens (tertiary/aromatic N) is 3. The normalized spacial score (nSPS) is 20.3. The van der Waals surface area contributed by atoms with Crippen molar-refractivity contribution in [2.75, 3.05) is 26.2 Å². The second kappa shape index (κ2) is 8.44. The molecule has 1 atom stereocenters. The zero-order chi connectivity index (χ0) is 17.6. The molecule has 1 fully saturated rings. The highest BCUT2D eigenvalue weighted by Crippen LogP contribution is 2.14. The minimum atomic E-state index is 0.0236. The van der Waals surface area contributed by atoms with Gasteiger partial charge in [0.15, 0.2) is 0 Å². The first-order chi connectivity index (χ1) is 12.1. The van der Waals surface area contributed by atoms with E-state index in [1.54, 1.807) is 0 Å². The highest BCUT2D eigenvalue weighted by atomic mass is 16.5. The molecule has 0 unspecified atom stereocenters. The Balaban J connectivity index is 1.44. The van der Waals surface area contributed by atoms with E-state index in [1.165, 1.54) is 0 Å². The Morgan fingerprint density at radius 3 is 2.96 bits per heavy atom. The first kappa shape index (κ1) is 17.9. The molecule has 1 saturated heterocycles. The quantitative estimate of drug-likeness (QED) is 0.725. The van der Waals surface area contributed by atoms with E-state index in [-0.39, 0.29) is 17.9 Å². The summed E-state index contributed by atoms with van der Waals surface area (Å²) in [6.45, 7) is 6.33. The molecule has 8 heteroatoms. The Morgan fingerprint density at radius 1 is 1.32 bits per heavy atom. The third-order valence-electron chi connectivity index (χ3n) is 4.63. The zero-order valence-corrected chi connectivity index (χ0v) is 14.8. The van der Waals surface area contributed by atoms with Crippen molar-refractivity contribution < 1.29 is 14.3 Å². The highest BCUT2D eigenvalue weighted by Gasteiger charge is 2.21. The van der Waals surface area contributed by atoms with Gasteiger partial charge in [-0.15, -0.1) is 0 Å². The molecule has 0 aliphatic carbocycles. The van der Waals surface area contributed by atoms with Crippen molar-refractivity contribution in [1.29, 1.82) is 0 Å². The van der Waals surface area contributed by atoms with Crippen LogP contribution in [0.3, 0.4) is 0 Å². The van der Waals surface area contributed by atoms with Crippen LogP contribution in [0.4, 0.5) is 0 Å². The van der Waals surface area contributed by atoms with Gasteiger partial charge in [0.1, 0.15) is 0 Å². The van der Waals surface area contributed by atoms with Crippen molar-refractivity contribution in [2.45, 2.75) is 51.9 Å². The summed E-state index contributed by atoms with van der Waals surface area (Å²) in [5.41, 5.74) is 1.94. The first-order valence-corrected chi connectivity index (χ1v) is 9.07. The molecule has 2 N–H and O–H groups in total. The number of hydrogen-bond donors (Lipinski definition) is 2. The van der Waals surface area contributed by atoms with Crippen LogP contribution in [0.15, 0.2) is 6.07 Å². The van der Waals surface area contributed by atoms with Gasteiger partial charge in [0.2, 0.25) is 11.8 Å². The van der Waals surface area contributed by atoms with Crippen molar-refractivity contribution in [1.82, 2.24) is 25.3 Å². The van der Waals surface area contributed by atoms with Gasteiger partial charge >= 0.3 is 0 Å². The number of fused-ring (bicyclic) bond motifs is 1. The third-order valence-corrected chi connectivity index (χ3v) is 4.63. The van der Waals surface area contributed by atoms with E-state index in [1.807, 2.05) is 17.7 Å². The Bertz CT molecular complexity index is 609. The van der Waals surface area contributed by atoms with Crippen molar-refractivity contribution in [3.8, 4) is 0 Å². The molecule has 3 heterocycles. The lowest BCUT2D eigenvalue weighted by Crippen LogP contribution is -2.43. The van der Waals surface area contributed by atoms with E-state index in [2.05, 4.69) is 20.6 Å². The molecule has 2 amide bonds. The van der Waals surface area contributed by atoms with Gasteiger partial charge in [0, 0.05) is 32.7 Å². The SMILES string of the molecule is CCC(=O)NCc1cc2n(n1)CCN(CC(=O)NC[C@@H]1CCCO1)C2. The fourth-order valence-corrected chi connectivity index (χ4v) is 3.21. The van der Waals surface area contributed by atoms with Gasteiger partial charge in [0.05, 0.1) is 37.1 Å². The van der Waals surface area contributed by atoms with Crippen LogP contribution in [0.2, 0.25) is 0 Å². The lowest BCUT2D eigenvalue weighted by molar-refractivity contribution is -0.123. The second-order valence-electron chi connectivity index (χ2n) is 6.63. The van der Waals surface area contributed by atoms with E-state index in [4.69, 9.17) is 4.74 Å². The van der Waals surface area contributed by atoms with Crippen molar-refractivity contribution in [2.24, 2.45) is 0 Å². The molecule has 2 aliphatic rings. The molecule has 1 aromatic heterocycles. The van der Waals surface area contributed by atoms with Crippen LogP contribution in [0.5, 0.6) is 0 Å². The molecule has 0 radical (unpaired) electrons. The predicted octanol–water partition coefficient (Wildman–Crippen LogP) is 0.0201. The van der Waals surface area contributed by atoms with Crippen LogP contribution in [0.25, 0.3) is 0 Å². The maximum Gasteiger partial charge on any atom is 0.234 e. The molecule has 138 valence electrons. The Kier molecular flexibility index (Phi) is 6.04. The molecule has 0 spiro atoms. The summed E-state index contributed by atoms with van der Waals surface area (Å²) in [6.07, 6.45) is 2.76. The molecular formula is C17H27N5O3. The summed E-state index contributed by atoms with van der Waals surface area (Å²) >= 11 is 0. The van der Waals surface area contributed by atoms with Gasteiger partial charge in [0.25, 0.3) is 0 Å². The van der Waals surface area contributed by atoms with Crippen LogP contribution >= 0.6 is 0 Å². The van der Waals surface area contributed by atoms with Crippen LogP contribution in [0, 0.1) is 0 Å². The fourth-order valence-electron chi connectivity index (χ4n) is 3.21. The van der Waals surface area contributed by atoms with E-state index in [0.717, 1.165) is 43.9 Å².